The van der Waals surface area contributed by atoms with Crippen molar-refractivity contribution in [2.45, 2.75) is 0 Å². The van der Waals surface area contributed by atoms with Crippen molar-refractivity contribution in [3.05, 3.63) is 30.3 Å². The summed E-state index contributed by atoms with van der Waals surface area (Å²) >= 11 is 0. The van der Waals surface area contributed by atoms with Crippen LogP contribution in [0.5, 0.6) is 5.75 Å². The Bertz CT molecular complexity index is 211. The molecule has 0 aliphatic heterocycles. The van der Waals surface area contributed by atoms with Gasteiger partial charge in [-0.1, -0.05) is 18.2 Å². The lowest BCUT2D eigenvalue weighted by Crippen LogP contribution is -1.97. The van der Waals surface area contributed by atoms with Crippen LogP contribution in [0.15, 0.2) is 30.3 Å². The molecule has 3 heteroatoms. The van der Waals surface area contributed by atoms with Crippen LogP contribution in [0.1, 0.15) is 0 Å². The van der Waals surface area contributed by atoms with Gasteiger partial charge in [0.1, 0.15) is 5.75 Å². The molecule has 0 saturated carbocycles. The Hall–Kier alpha value is -0.750. The molecule has 0 bridgehead atoms. The summed E-state index contributed by atoms with van der Waals surface area (Å²) in [5, 5.41) is 0. The first-order valence-electron chi connectivity index (χ1n) is 3.55. The molecule has 0 N–H and O–H groups in total. The van der Waals surface area contributed by atoms with E-state index in [-0.39, 0.29) is 0 Å². The number of hydrogen-bond donors (Lipinski definition) is 0. The van der Waals surface area contributed by atoms with Crippen molar-refractivity contribution in [2.75, 3.05) is 12.8 Å². The Morgan fingerprint density at radius 3 is 2.64 bits per heavy atom. The Morgan fingerprint density at radius 1 is 1.27 bits per heavy atom. The quantitative estimate of drug-likeness (QED) is 0.509. The van der Waals surface area contributed by atoms with Gasteiger partial charge in [-0.2, -0.15) is 0 Å². The second kappa shape index (κ2) is 4.97. The van der Waals surface area contributed by atoms with E-state index in [2.05, 4.69) is 0 Å². The SMILES string of the molecule is O=[PH2]CCOc1ccccc1. The summed E-state index contributed by atoms with van der Waals surface area (Å²) in [5.74, 6) is 0.848. The Labute approximate surface area is 67.4 Å². The molecule has 0 saturated heterocycles. The molecule has 1 rings (SSSR count). The summed E-state index contributed by atoms with van der Waals surface area (Å²) in [4.78, 5) is 0. The lowest BCUT2D eigenvalue weighted by Gasteiger charge is -2.01. The smallest absolute Gasteiger partial charge is 0.119 e. The lowest BCUT2D eigenvalue weighted by molar-refractivity contribution is 0.342. The van der Waals surface area contributed by atoms with E-state index < -0.39 is 8.46 Å². The van der Waals surface area contributed by atoms with Crippen LogP contribution in [0.2, 0.25) is 0 Å². The molecular weight excluding hydrogens is 159 g/mol. The average Bonchev–Trinajstić information content (AvgIpc) is 2.07. The zero-order valence-corrected chi connectivity index (χ0v) is 7.35. The van der Waals surface area contributed by atoms with Gasteiger partial charge in [0.2, 0.25) is 0 Å². The van der Waals surface area contributed by atoms with Crippen LogP contribution in [0.25, 0.3) is 0 Å². The van der Waals surface area contributed by atoms with E-state index in [1.54, 1.807) is 0 Å². The normalized spacial score (nSPS) is 10.5. The molecule has 0 fully saturated rings. The van der Waals surface area contributed by atoms with Crippen LogP contribution in [0.4, 0.5) is 0 Å². The van der Waals surface area contributed by atoms with E-state index in [9.17, 15) is 4.57 Å². The van der Waals surface area contributed by atoms with Crippen LogP contribution in [-0.4, -0.2) is 12.8 Å². The fraction of sp³-hybridized carbons (Fsp3) is 0.250. The predicted molar refractivity (Wildman–Crippen MR) is 47.2 cm³/mol. The summed E-state index contributed by atoms with van der Waals surface area (Å²) in [6.07, 6.45) is 0.662. The van der Waals surface area contributed by atoms with Gasteiger partial charge in [-0.25, -0.2) is 0 Å². The molecule has 0 radical (unpaired) electrons. The molecule has 0 aromatic heterocycles. The van der Waals surface area contributed by atoms with Crippen LogP contribution in [0.3, 0.4) is 0 Å². The zero-order valence-electron chi connectivity index (χ0n) is 6.19. The van der Waals surface area contributed by atoms with Crippen molar-refractivity contribution in [1.29, 1.82) is 0 Å². The summed E-state index contributed by atoms with van der Waals surface area (Å²) in [6.45, 7) is 0.558. The number of para-hydroxylation sites is 1. The van der Waals surface area contributed by atoms with Gasteiger partial charge in [-0.3, -0.25) is 0 Å². The van der Waals surface area contributed by atoms with E-state index in [1.165, 1.54) is 0 Å². The van der Waals surface area contributed by atoms with Gasteiger partial charge >= 0.3 is 0 Å². The van der Waals surface area contributed by atoms with Crippen molar-refractivity contribution in [3.63, 3.8) is 0 Å². The van der Waals surface area contributed by atoms with E-state index in [4.69, 9.17) is 4.74 Å². The first kappa shape index (κ1) is 8.35. The largest absolute Gasteiger partial charge is 0.493 e. The van der Waals surface area contributed by atoms with Crippen LogP contribution >= 0.6 is 8.46 Å². The van der Waals surface area contributed by atoms with Crippen molar-refractivity contribution in [1.82, 2.24) is 0 Å². The van der Waals surface area contributed by atoms with E-state index in [1.807, 2.05) is 30.3 Å². The Morgan fingerprint density at radius 2 is 2.00 bits per heavy atom. The topological polar surface area (TPSA) is 26.3 Å². The van der Waals surface area contributed by atoms with Gasteiger partial charge in [0.15, 0.2) is 0 Å². The van der Waals surface area contributed by atoms with Gasteiger partial charge in [0.25, 0.3) is 0 Å². The highest BCUT2D eigenvalue weighted by atomic mass is 31.1. The molecule has 0 spiro atoms. The fourth-order valence-corrected chi connectivity index (χ4v) is 0.956. The monoisotopic (exact) mass is 170 g/mol. The number of rotatable bonds is 4. The van der Waals surface area contributed by atoms with Crippen LogP contribution in [-0.2, 0) is 4.57 Å². The average molecular weight is 170 g/mol. The fourth-order valence-electron chi connectivity index (χ4n) is 0.742. The Balaban J connectivity index is 2.33. The highest BCUT2D eigenvalue weighted by Crippen LogP contribution is 2.08. The first-order valence-corrected chi connectivity index (χ1v) is 4.84. The van der Waals surface area contributed by atoms with Crippen LogP contribution < -0.4 is 4.74 Å². The molecule has 1 aromatic carbocycles. The number of ether oxygens (including phenoxy) is 1. The minimum Gasteiger partial charge on any atom is -0.493 e. The van der Waals surface area contributed by atoms with E-state index >= 15 is 0 Å². The third kappa shape index (κ3) is 3.24. The molecule has 1 aromatic rings. The minimum absolute atomic E-state index is 0.558. The van der Waals surface area contributed by atoms with Crippen molar-refractivity contribution in [3.8, 4) is 5.75 Å². The van der Waals surface area contributed by atoms with E-state index in [0.717, 1.165) is 5.75 Å². The highest BCUT2D eigenvalue weighted by molar-refractivity contribution is 7.23. The third-order valence-corrected chi connectivity index (χ3v) is 1.72. The van der Waals surface area contributed by atoms with Crippen molar-refractivity contribution >= 4 is 8.46 Å². The highest BCUT2D eigenvalue weighted by Gasteiger charge is 1.88. The Kier molecular flexibility index (Phi) is 3.77. The van der Waals surface area contributed by atoms with Crippen molar-refractivity contribution < 1.29 is 9.30 Å². The summed E-state index contributed by atoms with van der Waals surface area (Å²) in [6, 6.07) is 9.55. The maximum atomic E-state index is 10.1. The molecule has 1 atom stereocenters. The minimum atomic E-state index is -0.671. The van der Waals surface area contributed by atoms with Gasteiger partial charge in [0.05, 0.1) is 15.1 Å². The second-order valence-corrected chi connectivity index (χ2v) is 3.03. The molecule has 2 nitrogen and oxygen atoms in total. The molecule has 0 aliphatic rings. The van der Waals surface area contributed by atoms with E-state index in [0.29, 0.717) is 12.8 Å². The summed E-state index contributed by atoms with van der Waals surface area (Å²) in [5.41, 5.74) is 0. The lowest BCUT2D eigenvalue weighted by atomic mass is 10.3. The maximum absolute atomic E-state index is 10.1. The zero-order chi connectivity index (χ0) is 7.94. The molecule has 0 heterocycles. The van der Waals surface area contributed by atoms with Gasteiger partial charge in [-0.15, -0.1) is 0 Å². The second-order valence-electron chi connectivity index (χ2n) is 2.12. The van der Waals surface area contributed by atoms with Crippen LogP contribution in [0, 0.1) is 0 Å². The molecular formula is C8H11O2P. The standard InChI is InChI=1S/C8H11O2P/c9-11-7-6-10-8-4-2-1-3-5-8/h1-5H,6-7,11H2. The number of hydrogen-bond acceptors (Lipinski definition) is 2. The molecule has 1 unspecified atom stereocenters. The van der Waals surface area contributed by atoms with Gasteiger partial charge in [-0.05, 0) is 12.1 Å². The van der Waals surface area contributed by atoms with Crippen molar-refractivity contribution in [2.24, 2.45) is 0 Å². The molecule has 0 amide bonds. The molecule has 0 aliphatic carbocycles. The predicted octanol–water partition coefficient (Wildman–Crippen LogP) is 1.82. The third-order valence-electron chi connectivity index (χ3n) is 1.25. The first-order chi connectivity index (χ1) is 5.43. The molecule has 60 valence electrons. The molecule has 11 heavy (non-hydrogen) atoms. The van der Waals surface area contributed by atoms with Gasteiger partial charge < -0.3 is 9.30 Å². The maximum Gasteiger partial charge on any atom is 0.119 e. The summed E-state index contributed by atoms with van der Waals surface area (Å²) in [7, 11) is -0.671. The summed E-state index contributed by atoms with van der Waals surface area (Å²) < 4.78 is 15.4. The number of benzene rings is 1. The van der Waals surface area contributed by atoms with Gasteiger partial charge in [0, 0.05) is 6.16 Å².